The van der Waals surface area contributed by atoms with Gasteiger partial charge in [-0.05, 0) is 0 Å². The maximum Gasteiger partial charge on any atom is 0.304 e. The predicted molar refractivity (Wildman–Crippen MR) is 52.7 cm³/mol. The Bertz CT molecular complexity index is 524. The van der Waals surface area contributed by atoms with Crippen molar-refractivity contribution in [2.24, 2.45) is 0 Å². The first-order valence-electron chi connectivity index (χ1n) is 4.53. The number of esters is 1. The lowest BCUT2D eigenvalue weighted by Gasteiger charge is -2.07. The molecule has 0 saturated carbocycles. The molecule has 2 rings (SSSR count). The third-order valence-electron chi connectivity index (χ3n) is 2.05. The van der Waals surface area contributed by atoms with Gasteiger partial charge in [0.25, 0.3) is 6.47 Å². The number of furan rings is 1. The van der Waals surface area contributed by atoms with Crippen molar-refractivity contribution in [1.29, 1.82) is 0 Å². The summed E-state index contributed by atoms with van der Waals surface area (Å²) in [6.07, 6.45) is 1.50. The van der Waals surface area contributed by atoms with Gasteiger partial charge in [-0.25, -0.2) is 0 Å². The fraction of sp³-hybridized carbons (Fsp3) is 0.200. The van der Waals surface area contributed by atoms with Gasteiger partial charge >= 0.3 is 5.97 Å². The highest BCUT2D eigenvalue weighted by molar-refractivity contribution is 5.77. The Morgan fingerprint density at radius 2 is 2.44 bits per heavy atom. The minimum Gasteiger partial charge on any atom is -0.463 e. The van der Waals surface area contributed by atoms with Gasteiger partial charge in [0.05, 0.1) is 11.8 Å². The van der Waals surface area contributed by atoms with Crippen molar-refractivity contribution < 1.29 is 23.5 Å². The maximum absolute atomic E-state index is 10.7. The molecule has 0 aromatic carbocycles. The van der Waals surface area contributed by atoms with Crippen molar-refractivity contribution in [3.8, 4) is 5.88 Å². The molecular formula is C10H9NO5. The van der Waals surface area contributed by atoms with Gasteiger partial charge in [0.1, 0.15) is 0 Å². The minimum atomic E-state index is -0.414. The van der Waals surface area contributed by atoms with Crippen LogP contribution in [0.3, 0.4) is 0 Å². The molecule has 84 valence electrons. The predicted octanol–water partition coefficient (Wildman–Crippen LogP) is 1.29. The fourth-order valence-corrected chi connectivity index (χ4v) is 1.39. The molecule has 0 radical (unpaired) electrons. The molecule has 2 aromatic heterocycles. The molecule has 6 nitrogen and oxygen atoms in total. The number of rotatable bonds is 4. The molecule has 6 heteroatoms. The van der Waals surface area contributed by atoms with Crippen LogP contribution in [0.5, 0.6) is 5.88 Å². The number of fused-ring (bicyclic) bond motifs is 1. The Kier molecular flexibility index (Phi) is 2.63. The summed E-state index contributed by atoms with van der Waals surface area (Å²) in [5.74, 6) is -0.145. The number of carbonyl (C=O) groups excluding carboxylic acids is 2. The summed E-state index contributed by atoms with van der Waals surface area (Å²) in [5, 5.41) is 0. The normalized spacial score (nSPS) is 10.3. The average molecular weight is 223 g/mol. The molecule has 0 fully saturated rings. The quantitative estimate of drug-likeness (QED) is 0.577. The van der Waals surface area contributed by atoms with E-state index in [1.54, 1.807) is 12.1 Å². The Hall–Kier alpha value is -2.24. The third-order valence-corrected chi connectivity index (χ3v) is 2.05. The maximum atomic E-state index is 10.7. The van der Waals surface area contributed by atoms with Crippen LogP contribution in [0.25, 0.3) is 11.1 Å². The third kappa shape index (κ3) is 1.77. The second kappa shape index (κ2) is 4.09. The summed E-state index contributed by atoms with van der Waals surface area (Å²) >= 11 is 0. The fourth-order valence-electron chi connectivity index (χ4n) is 1.39. The molecule has 0 spiro atoms. The van der Waals surface area contributed by atoms with E-state index < -0.39 is 5.97 Å². The van der Waals surface area contributed by atoms with Crippen molar-refractivity contribution in [2.45, 2.75) is 13.7 Å². The molecule has 2 aromatic rings. The van der Waals surface area contributed by atoms with E-state index in [4.69, 9.17) is 13.9 Å². The van der Waals surface area contributed by atoms with Crippen molar-refractivity contribution >= 4 is 23.5 Å². The van der Waals surface area contributed by atoms with E-state index in [0.717, 1.165) is 0 Å². The highest BCUT2D eigenvalue weighted by Crippen LogP contribution is 2.26. The van der Waals surface area contributed by atoms with Gasteiger partial charge in [-0.15, -0.1) is 0 Å². The molecule has 0 aliphatic heterocycles. The highest BCUT2D eigenvalue weighted by Gasteiger charge is 2.12. The summed E-state index contributed by atoms with van der Waals surface area (Å²) < 4.78 is 16.2. The summed E-state index contributed by atoms with van der Waals surface area (Å²) in [6, 6.07) is 3.24. The SMILES string of the molecule is CC(=O)OCn1c(OC=O)cc2occc21. The van der Waals surface area contributed by atoms with Crippen molar-refractivity contribution in [3.05, 3.63) is 18.4 Å². The van der Waals surface area contributed by atoms with E-state index in [0.29, 0.717) is 17.6 Å². The molecule has 0 saturated heterocycles. The molecule has 0 bridgehead atoms. The van der Waals surface area contributed by atoms with Crippen LogP contribution in [-0.4, -0.2) is 17.0 Å². The first kappa shape index (κ1) is 10.3. The average Bonchev–Trinajstić information content (AvgIpc) is 2.76. The lowest BCUT2D eigenvalue weighted by molar-refractivity contribution is -0.144. The summed E-state index contributed by atoms with van der Waals surface area (Å²) in [4.78, 5) is 21.0. The van der Waals surface area contributed by atoms with Crippen molar-refractivity contribution in [3.63, 3.8) is 0 Å². The molecule has 16 heavy (non-hydrogen) atoms. The van der Waals surface area contributed by atoms with Gasteiger partial charge in [-0.2, -0.15) is 0 Å². The molecule has 2 heterocycles. The summed E-state index contributed by atoms with van der Waals surface area (Å²) in [5.41, 5.74) is 1.25. The monoisotopic (exact) mass is 223 g/mol. The van der Waals surface area contributed by atoms with Crippen LogP contribution in [0, 0.1) is 0 Å². The van der Waals surface area contributed by atoms with E-state index in [-0.39, 0.29) is 12.6 Å². The van der Waals surface area contributed by atoms with Crippen molar-refractivity contribution in [1.82, 2.24) is 4.57 Å². The van der Waals surface area contributed by atoms with Crippen LogP contribution in [-0.2, 0) is 21.1 Å². The van der Waals surface area contributed by atoms with Crippen LogP contribution in [0.1, 0.15) is 6.92 Å². The van der Waals surface area contributed by atoms with E-state index in [1.807, 2.05) is 0 Å². The van der Waals surface area contributed by atoms with Gasteiger partial charge in [-0.1, -0.05) is 0 Å². The van der Waals surface area contributed by atoms with E-state index in [9.17, 15) is 9.59 Å². The Labute approximate surface area is 90.3 Å². The topological polar surface area (TPSA) is 70.7 Å². The number of aromatic nitrogens is 1. The Balaban J connectivity index is 2.36. The summed E-state index contributed by atoms with van der Waals surface area (Å²) in [6.45, 7) is 1.58. The molecular weight excluding hydrogens is 214 g/mol. The number of nitrogens with zero attached hydrogens (tertiary/aromatic N) is 1. The van der Waals surface area contributed by atoms with Gasteiger partial charge in [0.15, 0.2) is 12.3 Å². The van der Waals surface area contributed by atoms with E-state index in [2.05, 4.69) is 0 Å². The molecule has 0 amide bonds. The van der Waals surface area contributed by atoms with Crippen molar-refractivity contribution in [2.75, 3.05) is 0 Å². The van der Waals surface area contributed by atoms with Gasteiger partial charge in [0, 0.05) is 19.1 Å². The zero-order valence-electron chi connectivity index (χ0n) is 8.50. The van der Waals surface area contributed by atoms with Crippen LogP contribution in [0.15, 0.2) is 22.8 Å². The van der Waals surface area contributed by atoms with Gasteiger partial charge < -0.3 is 13.9 Å². The number of ether oxygens (including phenoxy) is 2. The Morgan fingerprint density at radius 3 is 3.12 bits per heavy atom. The molecule has 0 N–H and O–H groups in total. The zero-order valence-corrected chi connectivity index (χ0v) is 8.50. The first-order valence-corrected chi connectivity index (χ1v) is 4.53. The number of hydrogen-bond acceptors (Lipinski definition) is 5. The second-order valence-electron chi connectivity index (χ2n) is 3.06. The van der Waals surface area contributed by atoms with Gasteiger partial charge in [0.2, 0.25) is 5.88 Å². The van der Waals surface area contributed by atoms with Gasteiger partial charge in [-0.3, -0.25) is 14.2 Å². The van der Waals surface area contributed by atoms with Crippen LogP contribution >= 0.6 is 0 Å². The first-order chi connectivity index (χ1) is 7.72. The zero-order chi connectivity index (χ0) is 11.5. The van der Waals surface area contributed by atoms with Crippen LogP contribution < -0.4 is 4.74 Å². The van der Waals surface area contributed by atoms with Crippen LogP contribution in [0.2, 0.25) is 0 Å². The molecule has 0 aliphatic carbocycles. The standard InChI is InChI=1S/C10H9NO5/c1-7(13)15-5-11-8-2-3-14-9(8)4-10(11)16-6-12/h2-4,6H,5H2,1H3. The molecule has 0 aliphatic rings. The van der Waals surface area contributed by atoms with Crippen LogP contribution in [0.4, 0.5) is 0 Å². The lowest BCUT2D eigenvalue weighted by atomic mass is 10.5. The molecule has 0 atom stereocenters. The lowest BCUT2D eigenvalue weighted by Crippen LogP contribution is -2.07. The second-order valence-corrected chi connectivity index (χ2v) is 3.06. The highest BCUT2D eigenvalue weighted by atomic mass is 16.6. The smallest absolute Gasteiger partial charge is 0.304 e. The molecule has 0 unspecified atom stereocenters. The summed E-state index contributed by atoms with van der Waals surface area (Å²) in [7, 11) is 0. The largest absolute Gasteiger partial charge is 0.463 e. The van der Waals surface area contributed by atoms with E-state index >= 15 is 0 Å². The minimum absolute atomic E-state index is 0.0263. The number of hydrogen-bond donors (Lipinski definition) is 0. The number of carbonyl (C=O) groups is 2. The Morgan fingerprint density at radius 1 is 1.62 bits per heavy atom. The van der Waals surface area contributed by atoms with E-state index in [1.165, 1.54) is 17.8 Å².